The van der Waals surface area contributed by atoms with Crippen molar-refractivity contribution in [1.82, 2.24) is 0 Å². The van der Waals surface area contributed by atoms with Crippen molar-refractivity contribution in [1.29, 1.82) is 0 Å². The van der Waals surface area contributed by atoms with Gasteiger partial charge in [-0.25, -0.2) is 8.42 Å². The van der Waals surface area contributed by atoms with Crippen LogP contribution in [0.1, 0.15) is 37.8 Å². The van der Waals surface area contributed by atoms with Gasteiger partial charge in [0.15, 0.2) is 9.84 Å². The van der Waals surface area contributed by atoms with E-state index in [1.807, 2.05) is 6.07 Å². The van der Waals surface area contributed by atoms with E-state index < -0.39 is 15.1 Å². The molecule has 0 spiro atoms. The molecule has 1 aromatic rings. The predicted molar refractivity (Wildman–Crippen MR) is 70.4 cm³/mol. The van der Waals surface area contributed by atoms with E-state index in [0.717, 1.165) is 24.8 Å². The van der Waals surface area contributed by atoms with Gasteiger partial charge in [-0.15, -0.1) is 0 Å². The monoisotopic (exact) mass is 266 g/mol. The lowest BCUT2D eigenvalue weighted by atomic mass is 10.1. The van der Waals surface area contributed by atoms with Crippen LogP contribution in [0.3, 0.4) is 0 Å². The molecule has 0 bridgehead atoms. The van der Waals surface area contributed by atoms with Crippen LogP contribution < -0.4 is 0 Å². The number of fused-ring (bicyclic) bond motifs is 1. The van der Waals surface area contributed by atoms with Crippen LogP contribution in [0.4, 0.5) is 0 Å². The zero-order valence-corrected chi connectivity index (χ0v) is 11.6. The molecule has 3 nitrogen and oxygen atoms in total. The van der Waals surface area contributed by atoms with Gasteiger partial charge in [0.2, 0.25) is 0 Å². The first kappa shape index (κ1) is 13.3. The summed E-state index contributed by atoms with van der Waals surface area (Å²) in [6, 6.07) is 5.38. The summed E-state index contributed by atoms with van der Waals surface area (Å²) in [6.07, 6.45) is 3.18. The molecular weight excluding hydrogens is 248 g/mol. The Morgan fingerprint density at radius 1 is 1.28 bits per heavy atom. The van der Waals surface area contributed by atoms with Gasteiger partial charge in [-0.2, -0.15) is 0 Å². The Hall–Kier alpha value is -1.16. The normalized spacial score (nSPS) is 16.3. The van der Waals surface area contributed by atoms with Gasteiger partial charge in [-0.1, -0.05) is 6.07 Å². The maximum Gasteiger partial charge on any atom is 0.181 e. The van der Waals surface area contributed by atoms with E-state index in [2.05, 4.69) is 0 Å². The quantitative estimate of drug-likeness (QED) is 0.840. The molecule has 4 heteroatoms. The van der Waals surface area contributed by atoms with Crippen molar-refractivity contribution in [3.05, 3.63) is 29.3 Å². The highest BCUT2D eigenvalue weighted by atomic mass is 32.2. The second kappa shape index (κ2) is 4.84. The number of rotatable bonds is 4. The molecule has 98 valence electrons. The van der Waals surface area contributed by atoms with Gasteiger partial charge in [-0.05, 0) is 56.4 Å². The maximum absolute atomic E-state index is 12.3. The van der Waals surface area contributed by atoms with Gasteiger partial charge in [0, 0.05) is 6.42 Å². The van der Waals surface area contributed by atoms with Crippen molar-refractivity contribution < 1.29 is 13.2 Å². The van der Waals surface area contributed by atoms with Gasteiger partial charge in [0.25, 0.3) is 0 Å². The third kappa shape index (κ3) is 2.48. The molecule has 0 aliphatic heterocycles. The van der Waals surface area contributed by atoms with Crippen LogP contribution in [0.15, 0.2) is 23.1 Å². The zero-order chi connectivity index (χ0) is 13.3. The molecule has 1 aromatic carbocycles. The first-order valence-corrected chi connectivity index (χ1v) is 7.81. The third-order valence-corrected chi connectivity index (χ3v) is 5.64. The molecule has 0 fully saturated rings. The number of hydrogen-bond acceptors (Lipinski definition) is 3. The minimum Gasteiger partial charge on any atom is -0.300 e. The topological polar surface area (TPSA) is 51.2 Å². The fraction of sp³-hybridized carbons (Fsp3) is 0.500. The van der Waals surface area contributed by atoms with E-state index in [1.54, 1.807) is 19.1 Å². The van der Waals surface area contributed by atoms with Crippen LogP contribution in [0.2, 0.25) is 0 Å². The number of carbonyl (C=O) groups is 1. The van der Waals surface area contributed by atoms with Crippen molar-refractivity contribution >= 4 is 15.6 Å². The number of benzene rings is 1. The van der Waals surface area contributed by atoms with Crippen LogP contribution in [0.25, 0.3) is 0 Å². The largest absolute Gasteiger partial charge is 0.300 e. The van der Waals surface area contributed by atoms with Crippen molar-refractivity contribution in [2.24, 2.45) is 0 Å². The van der Waals surface area contributed by atoms with Gasteiger partial charge in [-0.3, -0.25) is 4.79 Å². The number of Topliss-reactive ketones (excluding diaryl/α,β-unsaturated/α-hetero) is 1. The molecule has 0 amide bonds. The summed E-state index contributed by atoms with van der Waals surface area (Å²) in [5, 5.41) is -0.644. The number of hydrogen-bond donors (Lipinski definition) is 0. The lowest BCUT2D eigenvalue weighted by Crippen LogP contribution is -2.20. The van der Waals surface area contributed by atoms with Crippen LogP contribution in [0.5, 0.6) is 0 Å². The molecule has 2 rings (SSSR count). The third-order valence-electron chi connectivity index (χ3n) is 3.50. The molecule has 0 heterocycles. The van der Waals surface area contributed by atoms with Crippen LogP contribution in [-0.2, 0) is 27.5 Å². The first-order valence-electron chi connectivity index (χ1n) is 6.26. The van der Waals surface area contributed by atoms with E-state index >= 15 is 0 Å². The molecule has 1 aliphatic rings. The molecule has 1 aliphatic carbocycles. The highest BCUT2D eigenvalue weighted by Crippen LogP contribution is 2.27. The number of aryl methyl sites for hydroxylation is 2. The van der Waals surface area contributed by atoms with E-state index in [9.17, 15) is 13.2 Å². The SMILES string of the molecule is CC(=O)CC(C)S(=O)(=O)c1ccc2c(c1)CCC2. The Morgan fingerprint density at radius 2 is 1.94 bits per heavy atom. The lowest BCUT2D eigenvalue weighted by Gasteiger charge is -2.12. The van der Waals surface area contributed by atoms with Gasteiger partial charge in [0.1, 0.15) is 5.78 Å². The van der Waals surface area contributed by atoms with Crippen LogP contribution in [-0.4, -0.2) is 19.5 Å². The second-order valence-corrected chi connectivity index (χ2v) is 7.41. The smallest absolute Gasteiger partial charge is 0.181 e. The molecule has 0 radical (unpaired) electrons. The average molecular weight is 266 g/mol. The molecular formula is C14H18O3S. The summed E-state index contributed by atoms with van der Waals surface area (Å²) in [6.45, 7) is 3.03. The Kier molecular flexibility index (Phi) is 3.57. The predicted octanol–water partition coefficient (Wildman–Crippen LogP) is 2.32. The fourth-order valence-corrected chi connectivity index (χ4v) is 3.95. The van der Waals surface area contributed by atoms with Crippen LogP contribution in [0, 0.1) is 0 Å². The summed E-state index contributed by atoms with van der Waals surface area (Å²) in [5.41, 5.74) is 2.40. The minimum absolute atomic E-state index is 0.0828. The van der Waals surface area contributed by atoms with Crippen molar-refractivity contribution in [3.8, 4) is 0 Å². The van der Waals surface area contributed by atoms with Crippen LogP contribution >= 0.6 is 0 Å². The Bertz CT molecular complexity index is 573. The summed E-state index contributed by atoms with van der Waals surface area (Å²) in [4.78, 5) is 11.4. The summed E-state index contributed by atoms with van der Waals surface area (Å²) in [5.74, 6) is -0.0905. The van der Waals surface area contributed by atoms with E-state index in [0.29, 0.717) is 4.90 Å². The van der Waals surface area contributed by atoms with Crippen molar-refractivity contribution in [2.45, 2.75) is 49.7 Å². The Labute approximate surface area is 108 Å². The second-order valence-electron chi connectivity index (χ2n) is 5.05. The molecule has 18 heavy (non-hydrogen) atoms. The molecule has 0 aromatic heterocycles. The minimum atomic E-state index is -3.38. The van der Waals surface area contributed by atoms with Gasteiger partial charge < -0.3 is 0 Å². The molecule has 1 atom stereocenters. The van der Waals surface area contributed by atoms with E-state index in [4.69, 9.17) is 0 Å². The summed E-state index contributed by atoms with van der Waals surface area (Å²) in [7, 11) is -3.38. The lowest BCUT2D eigenvalue weighted by molar-refractivity contribution is -0.116. The molecule has 1 unspecified atom stereocenters. The molecule has 0 saturated heterocycles. The fourth-order valence-electron chi connectivity index (χ4n) is 2.47. The van der Waals surface area contributed by atoms with E-state index in [1.165, 1.54) is 12.5 Å². The summed E-state index contributed by atoms with van der Waals surface area (Å²) >= 11 is 0. The Morgan fingerprint density at radius 3 is 2.61 bits per heavy atom. The number of carbonyl (C=O) groups excluding carboxylic acids is 1. The van der Waals surface area contributed by atoms with Crippen molar-refractivity contribution in [2.75, 3.05) is 0 Å². The number of sulfone groups is 1. The first-order chi connectivity index (χ1) is 8.41. The van der Waals surface area contributed by atoms with Gasteiger partial charge >= 0.3 is 0 Å². The highest BCUT2D eigenvalue weighted by molar-refractivity contribution is 7.92. The Balaban J connectivity index is 2.33. The summed E-state index contributed by atoms with van der Waals surface area (Å²) < 4.78 is 24.6. The molecule has 0 saturated carbocycles. The average Bonchev–Trinajstić information content (AvgIpc) is 2.74. The highest BCUT2D eigenvalue weighted by Gasteiger charge is 2.25. The maximum atomic E-state index is 12.3. The van der Waals surface area contributed by atoms with Gasteiger partial charge in [0.05, 0.1) is 10.1 Å². The zero-order valence-electron chi connectivity index (χ0n) is 10.8. The van der Waals surface area contributed by atoms with Crippen molar-refractivity contribution in [3.63, 3.8) is 0 Å². The number of ketones is 1. The standard InChI is InChI=1S/C14H18O3S/c1-10(15)8-11(2)18(16,17)14-7-6-12-4-3-5-13(12)9-14/h6-7,9,11H,3-5,8H2,1-2H3. The van der Waals surface area contributed by atoms with E-state index in [-0.39, 0.29) is 12.2 Å². The molecule has 0 N–H and O–H groups in total.